The van der Waals surface area contributed by atoms with Gasteiger partial charge in [0.2, 0.25) is 5.91 Å². The zero-order chi connectivity index (χ0) is 16.7. The maximum atomic E-state index is 12.4. The summed E-state index contributed by atoms with van der Waals surface area (Å²) in [6.07, 6.45) is 7.47. The Hall–Kier alpha value is -2.57. The standard InChI is InChI=1S/C17H20N4O3/c1-20-11-12(10-18-20)13-9-17(19-15(13)22)4-6-21(7-5-17)16(23)14-3-2-8-24-14/h2-3,8,10-11,13H,4-7,9H2,1H3,(H,19,22)/t13-/m1/s1. The second kappa shape index (κ2) is 5.51. The van der Waals surface area contributed by atoms with Crippen molar-refractivity contribution in [2.45, 2.75) is 30.7 Å². The molecular formula is C17H20N4O3. The fraction of sp³-hybridized carbons (Fsp3) is 0.471. The van der Waals surface area contributed by atoms with E-state index in [4.69, 9.17) is 4.42 Å². The molecule has 2 aliphatic rings. The fourth-order valence-corrected chi connectivity index (χ4v) is 3.80. The Labute approximate surface area is 139 Å². The Kier molecular flexibility index (Phi) is 3.44. The summed E-state index contributed by atoms with van der Waals surface area (Å²) >= 11 is 0. The molecule has 2 amide bonds. The molecule has 2 aromatic rings. The molecule has 2 fully saturated rings. The summed E-state index contributed by atoms with van der Waals surface area (Å²) < 4.78 is 6.91. The van der Waals surface area contributed by atoms with Gasteiger partial charge in [0, 0.05) is 37.4 Å². The number of rotatable bonds is 2. The molecule has 7 nitrogen and oxygen atoms in total. The first-order valence-corrected chi connectivity index (χ1v) is 8.20. The highest BCUT2D eigenvalue weighted by Crippen LogP contribution is 2.39. The lowest BCUT2D eigenvalue weighted by Crippen LogP contribution is -2.52. The zero-order valence-electron chi connectivity index (χ0n) is 13.6. The van der Waals surface area contributed by atoms with E-state index in [9.17, 15) is 9.59 Å². The van der Waals surface area contributed by atoms with Crippen LogP contribution < -0.4 is 5.32 Å². The van der Waals surface area contributed by atoms with Crippen molar-refractivity contribution < 1.29 is 14.0 Å². The molecule has 1 atom stereocenters. The minimum Gasteiger partial charge on any atom is -0.459 e. The van der Waals surface area contributed by atoms with Gasteiger partial charge >= 0.3 is 0 Å². The van der Waals surface area contributed by atoms with Crippen molar-refractivity contribution in [3.63, 3.8) is 0 Å². The zero-order valence-corrected chi connectivity index (χ0v) is 13.6. The van der Waals surface area contributed by atoms with Gasteiger partial charge in [-0.3, -0.25) is 14.3 Å². The van der Waals surface area contributed by atoms with Crippen LogP contribution in [0.25, 0.3) is 0 Å². The Morgan fingerprint density at radius 3 is 2.83 bits per heavy atom. The van der Waals surface area contributed by atoms with E-state index >= 15 is 0 Å². The molecule has 2 aliphatic heterocycles. The van der Waals surface area contributed by atoms with Crippen LogP contribution in [0, 0.1) is 0 Å². The van der Waals surface area contributed by atoms with Gasteiger partial charge in [-0.15, -0.1) is 0 Å². The summed E-state index contributed by atoms with van der Waals surface area (Å²) in [5.74, 6) is 0.206. The molecule has 0 aliphatic carbocycles. The third-order valence-electron chi connectivity index (χ3n) is 5.17. The quantitative estimate of drug-likeness (QED) is 0.901. The molecule has 1 N–H and O–H groups in total. The van der Waals surface area contributed by atoms with Gasteiger partial charge < -0.3 is 14.6 Å². The van der Waals surface area contributed by atoms with Crippen LogP contribution in [0.4, 0.5) is 0 Å². The van der Waals surface area contributed by atoms with Crippen molar-refractivity contribution in [2.24, 2.45) is 7.05 Å². The number of nitrogens with one attached hydrogen (secondary N) is 1. The van der Waals surface area contributed by atoms with Crippen LogP contribution in [0.3, 0.4) is 0 Å². The van der Waals surface area contributed by atoms with E-state index in [2.05, 4.69) is 10.4 Å². The van der Waals surface area contributed by atoms with Gasteiger partial charge in [-0.25, -0.2) is 0 Å². The van der Waals surface area contributed by atoms with E-state index in [0.717, 1.165) is 24.8 Å². The molecule has 7 heteroatoms. The number of hydrogen-bond acceptors (Lipinski definition) is 4. The number of aromatic nitrogens is 2. The molecule has 2 aromatic heterocycles. The van der Waals surface area contributed by atoms with Crippen molar-refractivity contribution in [3.05, 3.63) is 42.1 Å². The summed E-state index contributed by atoms with van der Waals surface area (Å²) in [7, 11) is 1.85. The predicted molar refractivity (Wildman–Crippen MR) is 85.3 cm³/mol. The average Bonchev–Trinajstić information content (AvgIpc) is 3.29. The summed E-state index contributed by atoms with van der Waals surface area (Å²) in [5, 5.41) is 7.35. The van der Waals surface area contributed by atoms with E-state index in [0.29, 0.717) is 18.8 Å². The summed E-state index contributed by atoms with van der Waals surface area (Å²) in [5.41, 5.74) is 0.748. The Bertz CT molecular complexity index is 757. The average molecular weight is 328 g/mol. The Morgan fingerprint density at radius 2 is 2.21 bits per heavy atom. The highest BCUT2D eigenvalue weighted by Gasteiger charge is 2.47. The van der Waals surface area contributed by atoms with E-state index in [-0.39, 0.29) is 23.3 Å². The van der Waals surface area contributed by atoms with E-state index in [1.807, 2.05) is 13.2 Å². The predicted octanol–water partition coefficient (Wildman–Crippen LogP) is 1.29. The molecule has 0 aromatic carbocycles. The van der Waals surface area contributed by atoms with Crippen molar-refractivity contribution in [3.8, 4) is 0 Å². The SMILES string of the molecule is Cn1cc([C@H]2CC3(CCN(C(=O)c4ccco4)CC3)NC2=O)cn1. The lowest BCUT2D eigenvalue weighted by Gasteiger charge is -2.39. The smallest absolute Gasteiger partial charge is 0.289 e. The molecule has 0 unspecified atom stereocenters. The van der Waals surface area contributed by atoms with Gasteiger partial charge in [-0.05, 0) is 31.4 Å². The number of carbonyl (C=O) groups excluding carboxylic acids is 2. The summed E-state index contributed by atoms with van der Waals surface area (Å²) in [6.45, 7) is 1.25. The van der Waals surface area contributed by atoms with Gasteiger partial charge in [-0.1, -0.05) is 0 Å². The number of likely N-dealkylation sites (tertiary alicyclic amines) is 1. The summed E-state index contributed by atoms with van der Waals surface area (Å²) in [6, 6.07) is 3.40. The highest BCUT2D eigenvalue weighted by atomic mass is 16.3. The number of piperidine rings is 1. The van der Waals surface area contributed by atoms with Crippen molar-refractivity contribution in [1.29, 1.82) is 0 Å². The Morgan fingerprint density at radius 1 is 1.42 bits per heavy atom. The molecule has 2 saturated heterocycles. The minimum absolute atomic E-state index is 0.0637. The lowest BCUT2D eigenvalue weighted by molar-refractivity contribution is -0.121. The molecule has 0 saturated carbocycles. The maximum absolute atomic E-state index is 12.4. The van der Waals surface area contributed by atoms with E-state index in [1.54, 1.807) is 27.9 Å². The minimum atomic E-state index is -0.211. The highest BCUT2D eigenvalue weighted by molar-refractivity contribution is 5.91. The fourth-order valence-electron chi connectivity index (χ4n) is 3.80. The van der Waals surface area contributed by atoms with E-state index in [1.165, 1.54) is 6.26 Å². The molecule has 24 heavy (non-hydrogen) atoms. The van der Waals surface area contributed by atoms with Crippen LogP contribution in [0.15, 0.2) is 35.2 Å². The third-order valence-corrected chi connectivity index (χ3v) is 5.17. The van der Waals surface area contributed by atoms with Crippen LogP contribution in [-0.2, 0) is 11.8 Å². The van der Waals surface area contributed by atoms with Gasteiger partial charge in [0.15, 0.2) is 5.76 Å². The van der Waals surface area contributed by atoms with Crippen molar-refractivity contribution >= 4 is 11.8 Å². The van der Waals surface area contributed by atoms with Crippen LogP contribution in [0.5, 0.6) is 0 Å². The normalized spacial score (nSPS) is 22.8. The van der Waals surface area contributed by atoms with E-state index < -0.39 is 0 Å². The number of hydrogen-bond donors (Lipinski definition) is 1. The van der Waals surface area contributed by atoms with Crippen LogP contribution in [0.2, 0.25) is 0 Å². The topological polar surface area (TPSA) is 80.4 Å². The molecule has 126 valence electrons. The van der Waals surface area contributed by atoms with Gasteiger partial charge in [0.25, 0.3) is 5.91 Å². The second-order valence-electron chi connectivity index (χ2n) is 6.74. The molecule has 1 spiro atoms. The van der Waals surface area contributed by atoms with Crippen LogP contribution >= 0.6 is 0 Å². The van der Waals surface area contributed by atoms with Crippen molar-refractivity contribution in [1.82, 2.24) is 20.0 Å². The largest absolute Gasteiger partial charge is 0.459 e. The number of furan rings is 1. The van der Waals surface area contributed by atoms with Gasteiger partial charge in [0.05, 0.1) is 18.4 Å². The van der Waals surface area contributed by atoms with Crippen LogP contribution in [0.1, 0.15) is 41.3 Å². The maximum Gasteiger partial charge on any atom is 0.289 e. The number of aryl methyl sites for hydroxylation is 1. The van der Waals surface area contributed by atoms with Crippen molar-refractivity contribution in [2.75, 3.05) is 13.1 Å². The van der Waals surface area contributed by atoms with Gasteiger partial charge in [-0.2, -0.15) is 5.10 Å². The number of nitrogens with zero attached hydrogens (tertiary/aromatic N) is 3. The number of carbonyl (C=O) groups is 2. The molecule has 0 bridgehead atoms. The molecule has 4 rings (SSSR count). The summed E-state index contributed by atoms with van der Waals surface area (Å²) in [4.78, 5) is 26.6. The first-order valence-electron chi connectivity index (χ1n) is 8.20. The first kappa shape index (κ1) is 15.0. The molecule has 4 heterocycles. The first-order chi connectivity index (χ1) is 11.6. The molecule has 0 radical (unpaired) electrons. The Balaban J connectivity index is 1.44. The lowest BCUT2D eigenvalue weighted by atomic mass is 9.82. The van der Waals surface area contributed by atoms with Gasteiger partial charge in [0.1, 0.15) is 0 Å². The number of amides is 2. The van der Waals surface area contributed by atoms with Crippen LogP contribution in [-0.4, -0.2) is 45.1 Å². The monoisotopic (exact) mass is 328 g/mol. The third kappa shape index (κ3) is 2.50. The molecular weight excluding hydrogens is 308 g/mol. The second-order valence-corrected chi connectivity index (χ2v) is 6.74.